The third-order valence-electron chi connectivity index (χ3n) is 1.84. The number of unbranched alkanes of at least 4 members (excludes halogenated alkanes) is 1. The van der Waals surface area contributed by atoms with Crippen LogP contribution in [0.5, 0.6) is 0 Å². The molecule has 0 bridgehead atoms. The third-order valence-corrected chi connectivity index (χ3v) is 2.12. The van der Waals surface area contributed by atoms with Gasteiger partial charge in [0.05, 0.1) is 4.99 Å². The van der Waals surface area contributed by atoms with Gasteiger partial charge in [0.25, 0.3) is 0 Å². The number of primary amides is 1. The second kappa shape index (κ2) is 8.61. The molecule has 0 aromatic rings. The van der Waals surface area contributed by atoms with Crippen LogP contribution in [0.4, 0.5) is 0 Å². The van der Waals surface area contributed by atoms with Crippen LogP contribution in [-0.4, -0.2) is 29.2 Å². The molecule has 0 aliphatic carbocycles. The first-order valence-electron chi connectivity index (χ1n) is 5.08. The van der Waals surface area contributed by atoms with Gasteiger partial charge in [-0.25, -0.2) is 0 Å². The lowest BCUT2D eigenvalue weighted by Crippen LogP contribution is -2.26. The maximum atomic E-state index is 10.6. The van der Waals surface area contributed by atoms with Crippen molar-refractivity contribution >= 4 is 23.1 Å². The van der Waals surface area contributed by atoms with E-state index < -0.39 is 0 Å². The predicted octanol–water partition coefficient (Wildman–Crippen LogP) is 0.392. The van der Waals surface area contributed by atoms with E-state index in [1.165, 1.54) is 0 Å². The Morgan fingerprint density at radius 3 is 2.80 bits per heavy atom. The van der Waals surface area contributed by atoms with Crippen LogP contribution in [0.3, 0.4) is 0 Å². The highest BCUT2D eigenvalue weighted by atomic mass is 32.1. The number of carbonyl (C=O) groups excluding carboxylic acids is 1. The zero-order chi connectivity index (χ0) is 11.7. The predicted molar refractivity (Wildman–Crippen MR) is 64.2 cm³/mol. The highest BCUT2D eigenvalue weighted by molar-refractivity contribution is 7.80. The van der Waals surface area contributed by atoms with Crippen LogP contribution in [0, 0.1) is 12.3 Å². The molecule has 1 radical (unpaired) electrons. The number of rotatable bonds is 8. The number of aliphatic hydroxyl groups excluding tert-OH is 1. The molecule has 0 fully saturated rings. The Labute approximate surface area is 96.2 Å². The first-order valence-corrected chi connectivity index (χ1v) is 5.49. The SMILES string of the molecule is C[C@@H]([CH]C(=S)NCCCCO)CC(N)=O. The van der Waals surface area contributed by atoms with Crippen molar-refractivity contribution in [2.75, 3.05) is 13.2 Å². The lowest BCUT2D eigenvalue weighted by Gasteiger charge is -2.11. The molecule has 0 unspecified atom stereocenters. The zero-order valence-corrected chi connectivity index (χ0v) is 9.85. The molecule has 4 N–H and O–H groups in total. The van der Waals surface area contributed by atoms with Crippen molar-refractivity contribution in [3.8, 4) is 0 Å². The van der Waals surface area contributed by atoms with Crippen LogP contribution >= 0.6 is 12.2 Å². The molecule has 4 nitrogen and oxygen atoms in total. The van der Waals surface area contributed by atoms with Gasteiger partial charge in [0.1, 0.15) is 0 Å². The standard InChI is InChI=1S/C10H19N2O2S/c1-8(6-9(11)14)7-10(15)12-4-2-3-5-13/h7-8,13H,2-6H2,1H3,(H2,11,14)(H,12,15)/t8-/m1/s1. The normalized spacial score (nSPS) is 12.1. The second-order valence-electron chi connectivity index (χ2n) is 3.54. The summed E-state index contributed by atoms with van der Waals surface area (Å²) in [6.45, 7) is 2.85. The molecule has 15 heavy (non-hydrogen) atoms. The Bertz CT molecular complexity index is 210. The van der Waals surface area contributed by atoms with E-state index in [9.17, 15) is 4.79 Å². The zero-order valence-electron chi connectivity index (χ0n) is 9.03. The quantitative estimate of drug-likeness (QED) is 0.417. The maximum absolute atomic E-state index is 10.6. The minimum Gasteiger partial charge on any atom is -0.396 e. The monoisotopic (exact) mass is 231 g/mol. The molecule has 0 saturated carbocycles. The summed E-state index contributed by atoms with van der Waals surface area (Å²) in [4.78, 5) is 11.2. The molecule has 0 spiro atoms. The summed E-state index contributed by atoms with van der Waals surface area (Å²) in [6, 6.07) is 0. The van der Waals surface area contributed by atoms with E-state index in [-0.39, 0.29) is 18.4 Å². The van der Waals surface area contributed by atoms with E-state index in [2.05, 4.69) is 5.32 Å². The molecule has 1 amide bonds. The summed E-state index contributed by atoms with van der Waals surface area (Å²) >= 11 is 5.05. The van der Waals surface area contributed by atoms with Gasteiger partial charge in [-0.3, -0.25) is 4.79 Å². The summed E-state index contributed by atoms with van der Waals surface area (Å²) in [6.07, 6.45) is 3.79. The maximum Gasteiger partial charge on any atom is 0.217 e. The van der Waals surface area contributed by atoms with Crippen molar-refractivity contribution in [1.82, 2.24) is 5.32 Å². The van der Waals surface area contributed by atoms with Gasteiger partial charge < -0.3 is 16.2 Å². The van der Waals surface area contributed by atoms with Crippen LogP contribution < -0.4 is 11.1 Å². The lowest BCUT2D eigenvalue weighted by molar-refractivity contribution is -0.118. The second-order valence-corrected chi connectivity index (χ2v) is 3.98. The van der Waals surface area contributed by atoms with Crippen molar-refractivity contribution < 1.29 is 9.90 Å². The van der Waals surface area contributed by atoms with Gasteiger partial charge in [0, 0.05) is 26.0 Å². The van der Waals surface area contributed by atoms with E-state index >= 15 is 0 Å². The van der Waals surface area contributed by atoms with Crippen molar-refractivity contribution in [3.05, 3.63) is 6.42 Å². The molecule has 1 atom stereocenters. The van der Waals surface area contributed by atoms with Gasteiger partial charge in [-0.15, -0.1) is 0 Å². The Balaban J connectivity index is 3.51. The van der Waals surface area contributed by atoms with Crippen LogP contribution in [0.2, 0.25) is 0 Å². The molecule has 0 aromatic carbocycles. The fourth-order valence-corrected chi connectivity index (χ4v) is 1.48. The van der Waals surface area contributed by atoms with Crippen LogP contribution in [0.15, 0.2) is 0 Å². The topological polar surface area (TPSA) is 75.3 Å². The van der Waals surface area contributed by atoms with Crippen LogP contribution in [0.1, 0.15) is 26.2 Å². The first-order chi connectivity index (χ1) is 7.06. The van der Waals surface area contributed by atoms with Gasteiger partial charge in [0.15, 0.2) is 0 Å². The van der Waals surface area contributed by atoms with E-state index in [1.807, 2.05) is 13.3 Å². The summed E-state index contributed by atoms with van der Waals surface area (Å²) in [5.74, 6) is -0.248. The van der Waals surface area contributed by atoms with Crippen molar-refractivity contribution in [2.24, 2.45) is 11.7 Å². The van der Waals surface area contributed by atoms with Crippen LogP contribution in [0.25, 0.3) is 0 Å². The molecule has 0 heterocycles. The summed E-state index contributed by atoms with van der Waals surface area (Å²) in [5.41, 5.74) is 5.06. The average molecular weight is 231 g/mol. The summed E-state index contributed by atoms with van der Waals surface area (Å²) in [5, 5.41) is 11.6. The molecule has 0 saturated heterocycles. The number of carbonyl (C=O) groups is 1. The van der Waals surface area contributed by atoms with Crippen LogP contribution in [-0.2, 0) is 4.79 Å². The van der Waals surface area contributed by atoms with Crippen molar-refractivity contribution in [2.45, 2.75) is 26.2 Å². The number of nitrogens with one attached hydrogen (secondary N) is 1. The largest absolute Gasteiger partial charge is 0.396 e. The fourth-order valence-electron chi connectivity index (χ4n) is 1.14. The van der Waals surface area contributed by atoms with E-state index in [1.54, 1.807) is 0 Å². The highest BCUT2D eigenvalue weighted by Crippen LogP contribution is 2.05. The average Bonchev–Trinajstić information content (AvgIpc) is 2.10. The van der Waals surface area contributed by atoms with Gasteiger partial charge >= 0.3 is 0 Å². The Morgan fingerprint density at radius 2 is 2.27 bits per heavy atom. The number of nitrogens with two attached hydrogens (primary N) is 1. The van der Waals surface area contributed by atoms with Crippen molar-refractivity contribution in [3.63, 3.8) is 0 Å². The Hall–Kier alpha value is -0.680. The molecule has 87 valence electrons. The number of hydrogen-bond acceptors (Lipinski definition) is 3. The van der Waals surface area contributed by atoms with E-state index in [4.69, 9.17) is 23.1 Å². The van der Waals surface area contributed by atoms with E-state index in [0.29, 0.717) is 11.4 Å². The molecular weight excluding hydrogens is 212 g/mol. The smallest absolute Gasteiger partial charge is 0.217 e. The molecule has 5 heteroatoms. The minimum atomic E-state index is -0.318. The number of hydrogen-bond donors (Lipinski definition) is 3. The minimum absolute atomic E-state index is 0.0698. The van der Waals surface area contributed by atoms with Crippen molar-refractivity contribution in [1.29, 1.82) is 0 Å². The molecule has 0 aliphatic rings. The lowest BCUT2D eigenvalue weighted by atomic mass is 10.0. The Morgan fingerprint density at radius 1 is 1.60 bits per heavy atom. The Kier molecular flexibility index (Phi) is 8.22. The molecular formula is C10H19N2O2S. The first kappa shape index (κ1) is 14.3. The number of aliphatic hydroxyl groups is 1. The number of thiocarbonyl (C=S) groups is 1. The van der Waals surface area contributed by atoms with Gasteiger partial charge in [-0.05, 0) is 18.8 Å². The molecule has 0 aromatic heterocycles. The highest BCUT2D eigenvalue weighted by Gasteiger charge is 2.08. The molecule has 0 rings (SSSR count). The fraction of sp³-hybridized carbons (Fsp3) is 0.700. The van der Waals surface area contributed by atoms with Gasteiger partial charge in [0.2, 0.25) is 5.91 Å². The summed E-state index contributed by atoms with van der Waals surface area (Å²) in [7, 11) is 0. The summed E-state index contributed by atoms with van der Waals surface area (Å²) < 4.78 is 0. The van der Waals surface area contributed by atoms with Gasteiger partial charge in [-0.2, -0.15) is 0 Å². The van der Waals surface area contributed by atoms with Gasteiger partial charge in [-0.1, -0.05) is 19.1 Å². The number of amides is 1. The third kappa shape index (κ3) is 9.62. The van der Waals surface area contributed by atoms with E-state index in [0.717, 1.165) is 19.4 Å². The molecule has 0 aliphatic heterocycles.